The van der Waals surface area contributed by atoms with Crippen molar-refractivity contribution in [3.63, 3.8) is 0 Å². The van der Waals surface area contributed by atoms with Crippen LogP contribution in [0.3, 0.4) is 0 Å². The number of anilines is 2. The van der Waals surface area contributed by atoms with Crippen molar-refractivity contribution >= 4 is 62.9 Å². The first-order valence-corrected chi connectivity index (χ1v) is 13.7. The average molecular weight is 572 g/mol. The lowest BCUT2D eigenvalue weighted by Crippen LogP contribution is -2.31. The minimum atomic E-state index is -0.540. The van der Waals surface area contributed by atoms with E-state index in [0.29, 0.717) is 16.3 Å². The summed E-state index contributed by atoms with van der Waals surface area (Å²) < 4.78 is 13.2. The number of carbonyl (C=O) groups excluding carboxylic acids is 3. The van der Waals surface area contributed by atoms with Crippen molar-refractivity contribution in [2.75, 3.05) is 10.2 Å². The number of nitrogens with one attached hydrogen (secondary N) is 2. The summed E-state index contributed by atoms with van der Waals surface area (Å²) in [6.45, 7) is 3.63. The van der Waals surface area contributed by atoms with Crippen molar-refractivity contribution in [1.29, 1.82) is 0 Å². The highest BCUT2D eigenvalue weighted by atomic mass is 32.2. The molecule has 200 valence electrons. The molecule has 1 saturated heterocycles. The first-order valence-electron chi connectivity index (χ1n) is 12.1. The first kappa shape index (κ1) is 27.0. The largest absolute Gasteiger partial charge is 0.298 e. The number of hydrogen-bond donors (Lipinski definition) is 2. The third-order valence-electron chi connectivity index (χ3n) is 5.78. The maximum atomic E-state index is 13.4. The SMILES string of the molecule is Cc1ccc(/C=C2/S/C(=N/NC(=O)c3sc(NC(=O)c4ccc(F)cc4)nc3C)N(c3ccccc3)C2=O)cc1. The number of amides is 3. The van der Waals surface area contributed by atoms with Gasteiger partial charge in [0.2, 0.25) is 0 Å². The number of halogens is 1. The van der Waals surface area contributed by atoms with Crippen LogP contribution in [-0.2, 0) is 4.79 Å². The Balaban J connectivity index is 1.36. The molecule has 3 aromatic carbocycles. The Morgan fingerprint density at radius 2 is 1.65 bits per heavy atom. The monoisotopic (exact) mass is 571 g/mol. The lowest BCUT2D eigenvalue weighted by Gasteiger charge is -2.15. The standard InChI is InChI=1S/C29H22FN5O3S2/c1-17-8-10-19(11-9-17)16-23-27(38)35(22-6-4-3-5-7-22)29(39-23)34-33-26(37)24-18(2)31-28(40-24)32-25(36)20-12-14-21(30)15-13-20/h3-16H,1-2H3,(H,33,37)(H,31,32,36)/b23-16+,34-29+. The van der Waals surface area contributed by atoms with Crippen molar-refractivity contribution in [2.24, 2.45) is 5.10 Å². The molecule has 0 radical (unpaired) electrons. The second-order valence-corrected chi connectivity index (χ2v) is 10.7. The summed E-state index contributed by atoms with van der Waals surface area (Å²) in [6.07, 6.45) is 1.79. The quantitative estimate of drug-likeness (QED) is 0.219. The molecule has 3 amide bonds. The minimum Gasteiger partial charge on any atom is -0.298 e. The number of carbonyl (C=O) groups is 3. The number of amidine groups is 1. The van der Waals surface area contributed by atoms with Gasteiger partial charge < -0.3 is 0 Å². The molecule has 0 unspecified atom stereocenters. The summed E-state index contributed by atoms with van der Waals surface area (Å²) >= 11 is 2.13. The maximum Gasteiger partial charge on any atom is 0.283 e. The van der Waals surface area contributed by atoms with Crippen LogP contribution in [0.5, 0.6) is 0 Å². The van der Waals surface area contributed by atoms with E-state index < -0.39 is 17.6 Å². The lowest BCUT2D eigenvalue weighted by atomic mass is 10.1. The second-order valence-electron chi connectivity index (χ2n) is 8.73. The van der Waals surface area contributed by atoms with Gasteiger partial charge in [-0.25, -0.2) is 14.8 Å². The zero-order valence-corrected chi connectivity index (χ0v) is 23.0. The predicted molar refractivity (Wildman–Crippen MR) is 157 cm³/mol. The molecule has 0 atom stereocenters. The van der Waals surface area contributed by atoms with Crippen LogP contribution in [0.1, 0.15) is 36.9 Å². The third-order valence-corrected chi connectivity index (χ3v) is 7.82. The van der Waals surface area contributed by atoms with Crippen molar-refractivity contribution in [2.45, 2.75) is 13.8 Å². The molecular formula is C29H22FN5O3S2. The molecule has 0 saturated carbocycles. The van der Waals surface area contributed by atoms with Gasteiger partial charge in [0.1, 0.15) is 10.7 Å². The van der Waals surface area contributed by atoms with E-state index in [0.717, 1.165) is 34.2 Å². The minimum absolute atomic E-state index is 0.212. The number of aryl methyl sites for hydroxylation is 2. The van der Waals surface area contributed by atoms with Crippen molar-refractivity contribution in [3.8, 4) is 0 Å². The van der Waals surface area contributed by atoms with E-state index in [-0.39, 0.29) is 26.6 Å². The Morgan fingerprint density at radius 1 is 0.950 bits per heavy atom. The number of thioether (sulfide) groups is 1. The van der Waals surface area contributed by atoms with Gasteiger partial charge in [0.15, 0.2) is 10.3 Å². The van der Waals surface area contributed by atoms with Gasteiger partial charge in [-0.3, -0.25) is 24.6 Å². The highest BCUT2D eigenvalue weighted by Gasteiger charge is 2.35. The topological polar surface area (TPSA) is 104 Å². The number of hydrogen-bond acceptors (Lipinski definition) is 7. The van der Waals surface area contributed by atoms with Gasteiger partial charge in [0.05, 0.1) is 16.3 Å². The normalized spacial score (nSPS) is 15.1. The van der Waals surface area contributed by atoms with Crippen LogP contribution >= 0.6 is 23.1 Å². The summed E-state index contributed by atoms with van der Waals surface area (Å²) in [6, 6.07) is 21.9. The number of aromatic nitrogens is 1. The molecule has 2 N–H and O–H groups in total. The molecule has 4 aromatic rings. The van der Waals surface area contributed by atoms with Crippen LogP contribution in [0.2, 0.25) is 0 Å². The average Bonchev–Trinajstić information content (AvgIpc) is 3.47. The van der Waals surface area contributed by atoms with E-state index >= 15 is 0 Å². The zero-order valence-electron chi connectivity index (χ0n) is 21.3. The fraction of sp³-hybridized carbons (Fsp3) is 0.0690. The van der Waals surface area contributed by atoms with Crippen LogP contribution < -0.4 is 15.6 Å². The van der Waals surface area contributed by atoms with Gasteiger partial charge in [0.25, 0.3) is 17.7 Å². The fourth-order valence-electron chi connectivity index (χ4n) is 3.75. The first-order chi connectivity index (χ1) is 19.3. The van der Waals surface area contributed by atoms with E-state index in [4.69, 9.17) is 0 Å². The number of thiazole rings is 1. The summed E-state index contributed by atoms with van der Waals surface area (Å²) in [5.74, 6) is -1.73. The van der Waals surface area contributed by atoms with Gasteiger partial charge in [-0.05, 0) is 73.6 Å². The molecule has 40 heavy (non-hydrogen) atoms. The Labute approximate surface area is 237 Å². The molecule has 0 spiro atoms. The van der Waals surface area contributed by atoms with Crippen LogP contribution in [-0.4, -0.2) is 27.9 Å². The van der Waals surface area contributed by atoms with E-state index in [1.165, 1.54) is 29.2 Å². The molecule has 5 rings (SSSR count). The zero-order chi connectivity index (χ0) is 28.2. The summed E-state index contributed by atoms with van der Waals surface area (Å²) in [4.78, 5) is 45.3. The third kappa shape index (κ3) is 6.00. The summed E-state index contributed by atoms with van der Waals surface area (Å²) in [5.41, 5.74) is 5.76. The Hall–Kier alpha value is -4.61. The Bertz CT molecular complexity index is 1650. The molecule has 0 aliphatic carbocycles. The summed E-state index contributed by atoms with van der Waals surface area (Å²) in [7, 11) is 0. The molecule has 11 heteroatoms. The van der Waals surface area contributed by atoms with Crippen molar-refractivity contribution < 1.29 is 18.8 Å². The molecular weight excluding hydrogens is 549 g/mol. The molecule has 1 fully saturated rings. The van der Waals surface area contributed by atoms with Crippen LogP contribution in [0, 0.1) is 19.7 Å². The number of nitrogens with zero attached hydrogens (tertiary/aromatic N) is 3. The second kappa shape index (κ2) is 11.6. The fourth-order valence-corrected chi connectivity index (χ4v) is 5.54. The van der Waals surface area contributed by atoms with Gasteiger partial charge in [-0.15, -0.1) is 5.10 Å². The summed E-state index contributed by atoms with van der Waals surface area (Å²) in [5, 5.41) is 7.40. The molecule has 2 heterocycles. The smallest absolute Gasteiger partial charge is 0.283 e. The van der Waals surface area contributed by atoms with E-state index in [1.807, 2.05) is 49.4 Å². The number of benzene rings is 3. The van der Waals surface area contributed by atoms with E-state index in [9.17, 15) is 18.8 Å². The molecule has 0 bridgehead atoms. The molecule has 1 aromatic heterocycles. The van der Waals surface area contributed by atoms with Gasteiger partial charge in [-0.2, -0.15) is 0 Å². The van der Waals surface area contributed by atoms with Crippen LogP contribution in [0.25, 0.3) is 6.08 Å². The Morgan fingerprint density at radius 3 is 2.35 bits per heavy atom. The highest BCUT2D eigenvalue weighted by Crippen LogP contribution is 2.36. The van der Waals surface area contributed by atoms with Crippen LogP contribution in [0.4, 0.5) is 15.2 Å². The lowest BCUT2D eigenvalue weighted by molar-refractivity contribution is -0.113. The van der Waals surface area contributed by atoms with Gasteiger partial charge >= 0.3 is 0 Å². The maximum absolute atomic E-state index is 13.4. The van der Waals surface area contributed by atoms with E-state index in [2.05, 4.69) is 20.8 Å². The number of rotatable bonds is 6. The van der Waals surface area contributed by atoms with Crippen molar-refractivity contribution in [1.82, 2.24) is 10.4 Å². The van der Waals surface area contributed by atoms with E-state index in [1.54, 1.807) is 25.1 Å². The van der Waals surface area contributed by atoms with Gasteiger partial charge in [-0.1, -0.05) is 59.4 Å². The number of para-hydroxylation sites is 1. The molecule has 1 aliphatic heterocycles. The predicted octanol–water partition coefficient (Wildman–Crippen LogP) is 5.97. The highest BCUT2D eigenvalue weighted by molar-refractivity contribution is 8.19. The van der Waals surface area contributed by atoms with Crippen LogP contribution in [0.15, 0.2) is 88.9 Å². The molecule has 1 aliphatic rings. The number of hydrazone groups is 1. The van der Waals surface area contributed by atoms with Crippen molar-refractivity contribution in [3.05, 3.63) is 117 Å². The van der Waals surface area contributed by atoms with Gasteiger partial charge in [0, 0.05) is 5.56 Å². The Kier molecular flexibility index (Phi) is 7.85. The molecule has 8 nitrogen and oxygen atoms in total.